The zero-order valence-electron chi connectivity index (χ0n) is 27.9. The number of hydrogen-bond donors (Lipinski definition) is 0. The standard InChI is InChI=1S/C12H8N4S.C9H6BrN3.3C4H9.C3H2NS.Sn/c1-3-9(11-13-5-2-6-14-11)16-10(4-1)12-15-7-8-17-12;10-8-4-1-3-7(13-8)9-11-5-2-6-12-9;3*1-3-4-2;1-2-5-3-4-1;/h1-8H;1-6H;3*1,3-4H2,2H3;1-2H;. The van der Waals surface area contributed by atoms with E-state index in [2.05, 4.69) is 77.0 Å². The molecule has 0 fully saturated rings. The predicted octanol–water partition coefficient (Wildman–Crippen LogP) is 10.2. The molecule has 12 heteroatoms. The van der Waals surface area contributed by atoms with Crippen LogP contribution in [0.3, 0.4) is 0 Å². The van der Waals surface area contributed by atoms with E-state index in [9.17, 15) is 0 Å². The van der Waals surface area contributed by atoms with Crippen molar-refractivity contribution in [1.29, 1.82) is 0 Å². The molecule has 0 aliphatic rings. The molecule has 48 heavy (non-hydrogen) atoms. The van der Waals surface area contributed by atoms with Gasteiger partial charge in [-0.05, 0) is 52.3 Å². The average Bonchev–Trinajstić information content (AvgIpc) is 3.90. The molecule has 0 N–H and O–H groups in total. The van der Waals surface area contributed by atoms with E-state index in [0.717, 1.165) is 26.7 Å². The van der Waals surface area contributed by atoms with Gasteiger partial charge < -0.3 is 0 Å². The van der Waals surface area contributed by atoms with Crippen LogP contribution >= 0.6 is 38.6 Å². The van der Waals surface area contributed by atoms with E-state index >= 15 is 0 Å². The van der Waals surface area contributed by atoms with Crippen molar-refractivity contribution in [2.24, 2.45) is 0 Å². The second kappa shape index (κ2) is 21.2. The summed E-state index contributed by atoms with van der Waals surface area (Å²) in [5.41, 5.74) is 2.39. The van der Waals surface area contributed by atoms with Crippen LogP contribution in [0.1, 0.15) is 59.3 Å². The normalized spacial score (nSPS) is 10.8. The molecule has 6 aromatic heterocycles. The molecule has 6 rings (SSSR count). The van der Waals surface area contributed by atoms with Crippen molar-refractivity contribution in [3.8, 4) is 33.7 Å². The Hall–Kier alpha value is -3.00. The van der Waals surface area contributed by atoms with E-state index in [1.54, 1.807) is 70.8 Å². The molecule has 0 radical (unpaired) electrons. The third-order valence-corrected chi connectivity index (χ3v) is 27.5. The molecule has 6 heterocycles. The van der Waals surface area contributed by atoms with E-state index in [0.29, 0.717) is 11.6 Å². The Labute approximate surface area is 305 Å². The third kappa shape index (κ3) is 11.9. The van der Waals surface area contributed by atoms with Crippen LogP contribution in [0.25, 0.3) is 33.7 Å². The van der Waals surface area contributed by atoms with E-state index in [-0.39, 0.29) is 0 Å². The van der Waals surface area contributed by atoms with Gasteiger partial charge in [-0.25, -0.2) is 34.9 Å². The van der Waals surface area contributed by atoms with Gasteiger partial charge in [0.2, 0.25) is 0 Å². The average molecular weight is 851 g/mol. The fourth-order valence-electron chi connectivity index (χ4n) is 5.15. The van der Waals surface area contributed by atoms with Gasteiger partial charge in [-0.2, -0.15) is 0 Å². The van der Waals surface area contributed by atoms with Crippen LogP contribution in [-0.2, 0) is 0 Å². The summed E-state index contributed by atoms with van der Waals surface area (Å²) in [6.45, 7) is 6.99. The number of thiazole rings is 2. The zero-order valence-corrected chi connectivity index (χ0v) is 33.9. The molecule has 0 amide bonds. The molecular weight excluding hydrogens is 807 g/mol. The smallest absolute Gasteiger partial charge is 0.178 e. The molecule has 0 spiro atoms. The number of rotatable bonds is 13. The van der Waals surface area contributed by atoms with Crippen LogP contribution < -0.4 is 3.02 Å². The summed E-state index contributed by atoms with van der Waals surface area (Å²) < 4.78 is 7.02. The first kappa shape index (κ1) is 37.8. The molecule has 0 bridgehead atoms. The van der Waals surface area contributed by atoms with Crippen molar-refractivity contribution < 1.29 is 0 Å². The fraction of sp³-hybridized carbons (Fsp3) is 0.333. The van der Waals surface area contributed by atoms with Gasteiger partial charge in [-0.1, -0.05) is 12.1 Å². The molecule has 0 unspecified atom stereocenters. The Morgan fingerprint density at radius 1 is 0.542 bits per heavy atom. The summed E-state index contributed by atoms with van der Waals surface area (Å²) in [7, 11) is 0. The van der Waals surface area contributed by atoms with Gasteiger partial charge in [0, 0.05) is 36.4 Å². The Bertz CT molecular complexity index is 1690. The van der Waals surface area contributed by atoms with Crippen molar-refractivity contribution in [1.82, 2.24) is 39.9 Å². The van der Waals surface area contributed by atoms with Crippen molar-refractivity contribution in [2.45, 2.75) is 72.6 Å². The number of hydrogen-bond acceptors (Lipinski definition) is 10. The number of unbranched alkanes of at least 4 members (excludes halogenated alkanes) is 3. The van der Waals surface area contributed by atoms with Crippen LogP contribution in [0, 0.1) is 0 Å². The van der Waals surface area contributed by atoms with Gasteiger partial charge in [-0.15, -0.1) is 11.3 Å². The van der Waals surface area contributed by atoms with Gasteiger partial charge in [0.25, 0.3) is 0 Å². The SMILES string of the molecule is Brc1cccc(-c2ncccn2)n1.CCC[CH2][Sn]([CH2]CCC)([CH2]CCC)[c]1nccs1.c1cnc(-c2cccc(-c3nccs3)n2)nc1. The largest absolute Gasteiger partial charge is 0.243 e. The molecule has 0 saturated heterocycles. The second-order valence-electron chi connectivity index (χ2n) is 11.2. The summed E-state index contributed by atoms with van der Waals surface area (Å²) in [6, 6.07) is 15.0. The number of nitrogens with zero attached hydrogens (tertiary/aromatic N) is 8. The summed E-state index contributed by atoms with van der Waals surface area (Å²) in [4.78, 5) is 34.3. The molecule has 0 aliphatic carbocycles. The van der Waals surface area contributed by atoms with Crippen LogP contribution in [0.15, 0.2) is 101 Å². The first-order chi connectivity index (χ1) is 23.6. The summed E-state index contributed by atoms with van der Waals surface area (Å²) >= 11 is 4.70. The van der Waals surface area contributed by atoms with Crippen LogP contribution in [0.5, 0.6) is 0 Å². The second-order valence-corrected chi connectivity index (χ2v) is 27.7. The molecule has 0 aromatic carbocycles. The Morgan fingerprint density at radius 2 is 1.04 bits per heavy atom. The fourth-order valence-corrected chi connectivity index (χ4v) is 25.3. The molecule has 0 saturated carbocycles. The molecule has 0 aliphatic heterocycles. The number of halogens is 1. The molecule has 8 nitrogen and oxygen atoms in total. The Kier molecular flexibility index (Phi) is 16.7. The van der Waals surface area contributed by atoms with Crippen LogP contribution in [0.4, 0.5) is 0 Å². The van der Waals surface area contributed by atoms with Crippen molar-refractivity contribution >= 4 is 60.0 Å². The quantitative estimate of drug-likeness (QED) is 0.0836. The topological polar surface area (TPSA) is 103 Å². The van der Waals surface area contributed by atoms with Gasteiger partial charge in [0.1, 0.15) is 21.0 Å². The minimum atomic E-state index is -2.12. The molecule has 6 aromatic rings. The third-order valence-electron chi connectivity index (χ3n) is 7.62. The zero-order chi connectivity index (χ0) is 33.9. The summed E-state index contributed by atoms with van der Waals surface area (Å²) in [6.07, 6.45) is 19.0. The van der Waals surface area contributed by atoms with E-state index < -0.39 is 18.4 Å². The van der Waals surface area contributed by atoms with Crippen molar-refractivity contribution in [3.05, 3.63) is 101 Å². The maximum Gasteiger partial charge on any atom is 0.178 e. The maximum absolute atomic E-state index is 4.76. The summed E-state index contributed by atoms with van der Waals surface area (Å²) in [5.74, 6) is 1.27. The van der Waals surface area contributed by atoms with Crippen molar-refractivity contribution in [2.75, 3.05) is 0 Å². The van der Waals surface area contributed by atoms with Gasteiger partial charge in [0.15, 0.2) is 11.6 Å². The van der Waals surface area contributed by atoms with Crippen molar-refractivity contribution in [3.63, 3.8) is 0 Å². The first-order valence-electron chi connectivity index (χ1n) is 16.5. The molecule has 0 atom stereocenters. The summed E-state index contributed by atoms with van der Waals surface area (Å²) in [5, 5.41) is 5.04. The monoisotopic (exact) mass is 850 g/mol. The first-order valence-corrected chi connectivity index (χ1v) is 26.6. The van der Waals surface area contributed by atoms with E-state index in [1.165, 1.54) is 38.5 Å². The van der Waals surface area contributed by atoms with E-state index in [4.69, 9.17) is 4.98 Å². The van der Waals surface area contributed by atoms with Crippen LogP contribution in [-0.4, -0.2) is 58.2 Å². The van der Waals surface area contributed by atoms with Gasteiger partial charge in [-0.3, -0.25) is 0 Å². The minimum Gasteiger partial charge on any atom is -0.243 e. The predicted molar refractivity (Wildman–Crippen MR) is 206 cm³/mol. The number of aromatic nitrogens is 8. The Balaban J connectivity index is 0.000000165. The minimum absolute atomic E-state index is 0.630. The van der Waals surface area contributed by atoms with Gasteiger partial charge >= 0.3 is 122 Å². The Morgan fingerprint density at radius 3 is 1.52 bits per heavy atom. The van der Waals surface area contributed by atoms with E-state index in [1.807, 2.05) is 59.3 Å². The molecular formula is C36H43BrN8S2Sn. The van der Waals surface area contributed by atoms with Gasteiger partial charge in [0.05, 0.1) is 5.69 Å². The molecule has 250 valence electrons. The van der Waals surface area contributed by atoms with Crippen LogP contribution in [0.2, 0.25) is 13.3 Å². The number of pyridine rings is 2. The maximum atomic E-state index is 4.76.